The molecule has 0 aliphatic carbocycles. The predicted octanol–water partition coefficient (Wildman–Crippen LogP) is 3.31. The quantitative estimate of drug-likeness (QED) is 0.713. The van der Waals surface area contributed by atoms with Gasteiger partial charge in [-0.15, -0.1) is 0 Å². The lowest BCUT2D eigenvalue weighted by atomic mass is 10.1. The van der Waals surface area contributed by atoms with Gasteiger partial charge >= 0.3 is 0 Å². The molecule has 136 valence electrons. The molecule has 1 atom stereocenters. The van der Waals surface area contributed by atoms with Crippen LogP contribution in [-0.4, -0.2) is 30.1 Å². The van der Waals surface area contributed by atoms with Crippen LogP contribution in [0.1, 0.15) is 29.9 Å². The number of amides is 1. The standard InChI is InChI=1S/C20H23N3O3/c1-12-5-7-15-16(9-12)23-20(22-15)13(2)21-19(24)11-14-6-8-17(25-3)18(10-14)26-4/h5-10,13H,11H2,1-4H3,(H,21,24)(H,22,23). The number of methoxy groups -OCH3 is 2. The molecule has 26 heavy (non-hydrogen) atoms. The van der Waals surface area contributed by atoms with Crippen LogP contribution in [-0.2, 0) is 11.2 Å². The maximum absolute atomic E-state index is 12.4. The monoisotopic (exact) mass is 353 g/mol. The number of aryl methyl sites for hydroxylation is 1. The molecular weight excluding hydrogens is 330 g/mol. The van der Waals surface area contributed by atoms with E-state index in [1.54, 1.807) is 20.3 Å². The number of imidazole rings is 1. The van der Waals surface area contributed by atoms with Gasteiger partial charge in [0.1, 0.15) is 5.82 Å². The average molecular weight is 353 g/mol. The van der Waals surface area contributed by atoms with Crippen molar-refractivity contribution in [1.82, 2.24) is 15.3 Å². The molecule has 0 bridgehead atoms. The molecule has 3 aromatic rings. The lowest BCUT2D eigenvalue weighted by Gasteiger charge is -2.13. The van der Waals surface area contributed by atoms with Gasteiger partial charge in [0, 0.05) is 0 Å². The van der Waals surface area contributed by atoms with Crippen molar-refractivity contribution in [2.24, 2.45) is 0 Å². The van der Waals surface area contributed by atoms with Gasteiger partial charge in [0.25, 0.3) is 0 Å². The van der Waals surface area contributed by atoms with Gasteiger partial charge in [0.05, 0.1) is 37.7 Å². The number of aromatic amines is 1. The second-order valence-electron chi connectivity index (χ2n) is 6.30. The average Bonchev–Trinajstić information content (AvgIpc) is 3.04. The minimum atomic E-state index is -0.213. The van der Waals surface area contributed by atoms with Crippen LogP contribution in [0.4, 0.5) is 0 Å². The predicted molar refractivity (Wildman–Crippen MR) is 101 cm³/mol. The molecule has 6 nitrogen and oxygen atoms in total. The largest absolute Gasteiger partial charge is 0.493 e. The fourth-order valence-electron chi connectivity index (χ4n) is 2.89. The van der Waals surface area contributed by atoms with Crippen molar-refractivity contribution < 1.29 is 14.3 Å². The van der Waals surface area contributed by atoms with Crippen molar-refractivity contribution in [2.75, 3.05) is 14.2 Å². The number of H-pyrrole nitrogens is 1. The van der Waals surface area contributed by atoms with Gasteiger partial charge in [-0.2, -0.15) is 0 Å². The molecular formula is C20H23N3O3. The zero-order valence-corrected chi connectivity index (χ0v) is 15.4. The molecule has 1 amide bonds. The Balaban J connectivity index is 1.68. The summed E-state index contributed by atoms with van der Waals surface area (Å²) in [5.74, 6) is 1.91. The van der Waals surface area contributed by atoms with E-state index >= 15 is 0 Å². The number of hydrogen-bond donors (Lipinski definition) is 2. The molecule has 0 aliphatic heterocycles. The van der Waals surface area contributed by atoms with Gasteiger partial charge < -0.3 is 19.8 Å². The third kappa shape index (κ3) is 3.79. The molecule has 1 heterocycles. The molecule has 0 saturated carbocycles. The van der Waals surface area contributed by atoms with Crippen LogP contribution in [0.2, 0.25) is 0 Å². The number of ether oxygens (including phenoxy) is 2. The molecule has 2 aromatic carbocycles. The molecule has 0 saturated heterocycles. The van der Waals surface area contributed by atoms with Crippen molar-refractivity contribution in [3.8, 4) is 11.5 Å². The third-order valence-corrected chi connectivity index (χ3v) is 4.26. The first-order valence-corrected chi connectivity index (χ1v) is 8.46. The first kappa shape index (κ1) is 17.8. The number of nitrogens with one attached hydrogen (secondary N) is 2. The Bertz CT molecular complexity index is 933. The number of carbonyl (C=O) groups is 1. The summed E-state index contributed by atoms with van der Waals surface area (Å²) in [4.78, 5) is 20.2. The smallest absolute Gasteiger partial charge is 0.224 e. The number of fused-ring (bicyclic) bond motifs is 1. The molecule has 3 rings (SSSR count). The van der Waals surface area contributed by atoms with E-state index in [0.717, 1.165) is 28.0 Å². The number of nitrogens with zero attached hydrogens (tertiary/aromatic N) is 1. The molecule has 0 aliphatic rings. The van der Waals surface area contributed by atoms with Crippen molar-refractivity contribution in [2.45, 2.75) is 26.3 Å². The van der Waals surface area contributed by atoms with E-state index in [4.69, 9.17) is 9.47 Å². The summed E-state index contributed by atoms with van der Waals surface area (Å²) in [5.41, 5.74) is 3.89. The Morgan fingerprint density at radius 3 is 2.65 bits per heavy atom. The summed E-state index contributed by atoms with van der Waals surface area (Å²) in [6.07, 6.45) is 0.254. The zero-order chi connectivity index (χ0) is 18.7. The minimum Gasteiger partial charge on any atom is -0.493 e. The molecule has 2 N–H and O–H groups in total. The van der Waals surface area contributed by atoms with E-state index in [-0.39, 0.29) is 18.4 Å². The Kier molecular flexibility index (Phi) is 5.11. The van der Waals surface area contributed by atoms with E-state index in [1.165, 1.54) is 0 Å². The van der Waals surface area contributed by atoms with Crippen molar-refractivity contribution in [1.29, 1.82) is 0 Å². The van der Waals surface area contributed by atoms with E-state index in [0.29, 0.717) is 11.5 Å². The van der Waals surface area contributed by atoms with Crippen LogP contribution in [0.25, 0.3) is 11.0 Å². The number of carbonyl (C=O) groups excluding carboxylic acids is 1. The van der Waals surface area contributed by atoms with Crippen molar-refractivity contribution >= 4 is 16.9 Å². The van der Waals surface area contributed by atoms with Gasteiger partial charge in [-0.3, -0.25) is 4.79 Å². The third-order valence-electron chi connectivity index (χ3n) is 4.26. The number of aromatic nitrogens is 2. The highest BCUT2D eigenvalue weighted by Gasteiger charge is 2.15. The summed E-state index contributed by atoms with van der Waals surface area (Å²) >= 11 is 0. The molecule has 6 heteroatoms. The summed E-state index contributed by atoms with van der Waals surface area (Å²) in [7, 11) is 3.16. The summed E-state index contributed by atoms with van der Waals surface area (Å²) in [6, 6.07) is 11.3. The van der Waals surface area contributed by atoms with Crippen LogP contribution in [0.5, 0.6) is 11.5 Å². The normalized spacial score (nSPS) is 12.0. The van der Waals surface area contributed by atoms with Gasteiger partial charge in [0.2, 0.25) is 5.91 Å². The minimum absolute atomic E-state index is 0.0821. The maximum Gasteiger partial charge on any atom is 0.224 e. The fourth-order valence-corrected chi connectivity index (χ4v) is 2.89. The van der Waals surface area contributed by atoms with E-state index in [1.807, 2.05) is 44.2 Å². The maximum atomic E-state index is 12.4. The van der Waals surface area contributed by atoms with Crippen LogP contribution >= 0.6 is 0 Å². The Hall–Kier alpha value is -3.02. The second kappa shape index (κ2) is 7.47. The van der Waals surface area contributed by atoms with E-state index < -0.39 is 0 Å². The van der Waals surface area contributed by atoms with Crippen LogP contribution in [0.3, 0.4) is 0 Å². The van der Waals surface area contributed by atoms with Crippen LogP contribution in [0.15, 0.2) is 36.4 Å². The Morgan fingerprint density at radius 1 is 1.15 bits per heavy atom. The van der Waals surface area contributed by atoms with E-state index in [2.05, 4.69) is 15.3 Å². The summed E-state index contributed by atoms with van der Waals surface area (Å²) in [6.45, 7) is 3.95. The van der Waals surface area contributed by atoms with Crippen LogP contribution in [0, 0.1) is 6.92 Å². The highest BCUT2D eigenvalue weighted by molar-refractivity contribution is 5.80. The lowest BCUT2D eigenvalue weighted by Crippen LogP contribution is -2.28. The highest BCUT2D eigenvalue weighted by atomic mass is 16.5. The first-order valence-electron chi connectivity index (χ1n) is 8.46. The summed E-state index contributed by atoms with van der Waals surface area (Å²) < 4.78 is 10.5. The van der Waals surface area contributed by atoms with E-state index in [9.17, 15) is 4.79 Å². The molecule has 0 fully saturated rings. The fraction of sp³-hybridized carbons (Fsp3) is 0.300. The molecule has 1 unspecified atom stereocenters. The molecule has 1 aromatic heterocycles. The first-order chi connectivity index (χ1) is 12.5. The van der Waals surface area contributed by atoms with Crippen molar-refractivity contribution in [3.63, 3.8) is 0 Å². The van der Waals surface area contributed by atoms with Gasteiger partial charge in [0.15, 0.2) is 11.5 Å². The van der Waals surface area contributed by atoms with Crippen molar-refractivity contribution in [3.05, 3.63) is 53.3 Å². The topological polar surface area (TPSA) is 76.2 Å². The summed E-state index contributed by atoms with van der Waals surface area (Å²) in [5, 5.41) is 2.98. The number of rotatable bonds is 6. The van der Waals surface area contributed by atoms with Gasteiger partial charge in [-0.25, -0.2) is 4.98 Å². The second-order valence-corrected chi connectivity index (χ2v) is 6.30. The number of benzene rings is 2. The Morgan fingerprint density at radius 2 is 1.92 bits per heavy atom. The lowest BCUT2D eigenvalue weighted by molar-refractivity contribution is -0.121. The van der Waals surface area contributed by atoms with Gasteiger partial charge in [-0.05, 0) is 49.2 Å². The number of hydrogen-bond acceptors (Lipinski definition) is 4. The zero-order valence-electron chi connectivity index (χ0n) is 15.4. The SMILES string of the molecule is COc1ccc(CC(=O)NC(C)c2nc3ccc(C)cc3[nH]2)cc1OC. The van der Waals surface area contributed by atoms with Crippen LogP contribution < -0.4 is 14.8 Å². The van der Waals surface area contributed by atoms with Gasteiger partial charge in [-0.1, -0.05) is 12.1 Å². The molecule has 0 radical (unpaired) electrons. The highest BCUT2D eigenvalue weighted by Crippen LogP contribution is 2.27. The Labute approximate surface area is 152 Å². The molecule has 0 spiro atoms.